The van der Waals surface area contributed by atoms with Crippen LogP contribution in [0.4, 0.5) is 5.69 Å². The Labute approximate surface area is 135 Å². The van der Waals surface area contributed by atoms with E-state index in [9.17, 15) is 10.0 Å². The highest BCUT2D eigenvalue weighted by molar-refractivity contribution is 5.88. The minimum Gasteiger partial charge on any atom is -0.608 e. The maximum Gasteiger partial charge on any atom is 0.338 e. The van der Waals surface area contributed by atoms with Gasteiger partial charge in [0, 0.05) is 5.57 Å². The molecule has 5 heteroatoms. The molecule has 0 amide bonds. The Morgan fingerprint density at radius 3 is 2.13 bits per heavy atom. The number of esters is 1. The number of quaternary nitrogens is 1. The van der Waals surface area contributed by atoms with Crippen LogP contribution in [0.3, 0.4) is 0 Å². The standard InChI is InChI=1S/C18H20N2O3/c1-4-20(22)19-16-9-5-14(6-10-16)15-7-11-17(12-8-15)23-18(21)13(2)3/h5-12,19-20H,2,4H2,1,3H3. The van der Waals surface area contributed by atoms with Crippen LogP contribution in [0, 0.1) is 5.21 Å². The highest BCUT2D eigenvalue weighted by Crippen LogP contribution is 2.24. The van der Waals surface area contributed by atoms with E-state index in [0.29, 0.717) is 17.9 Å². The smallest absolute Gasteiger partial charge is 0.338 e. The predicted octanol–water partition coefficient (Wildman–Crippen LogP) is 2.56. The maximum absolute atomic E-state index is 11.5. The van der Waals surface area contributed by atoms with Gasteiger partial charge in [0.1, 0.15) is 5.75 Å². The zero-order valence-electron chi connectivity index (χ0n) is 13.3. The summed E-state index contributed by atoms with van der Waals surface area (Å²) in [6, 6.07) is 14.8. The van der Waals surface area contributed by atoms with Crippen LogP contribution >= 0.6 is 0 Å². The minimum absolute atomic E-state index is 0.0126. The molecule has 2 aromatic carbocycles. The Balaban J connectivity index is 2.07. The highest BCUT2D eigenvalue weighted by Gasteiger charge is 2.06. The number of nitrogens with one attached hydrogen (secondary N) is 2. The lowest BCUT2D eigenvalue weighted by Gasteiger charge is -2.21. The Kier molecular flexibility index (Phi) is 5.51. The van der Waals surface area contributed by atoms with Crippen molar-refractivity contribution in [1.29, 1.82) is 0 Å². The van der Waals surface area contributed by atoms with Crippen LogP contribution in [0.1, 0.15) is 13.8 Å². The lowest BCUT2D eigenvalue weighted by molar-refractivity contribution is -0.821. The van der Waals surface area contributed by atoms with E-state index in [1.807, 2.05) is 43.3 Å². The van der Waals surface area contributed by atoms with Crippen molar-refractivity contribution in [3.63, 3.8) is 0 Å². The number of rotatable bonds is 6. The van der Waals surface area contributed by atoms with Crippen LogP contribution in [0.25, 0.3) is 11.1 Å². The zero-order chi connectivity index (χ0) is 16.8. The van der Waals surface area contributed by atoms with Gasteiger partial charge in [-0.15, -0.1) is 0 Å². The normalized spacial score (nSPS) is 11.6. The summed E-state index contributed by atoms with van der Waals surface area (Å²) in [6.45, 7) is 7.42. The summed E-state index contributed by atoms with van der Waals surface area (Å²) in [5.41, 5.74) is 5.94. The molecule has 0 aromatic heterocycles. The summed E-state index contributed by atoms with van der Waals surface area (Å²) in [5.74, 6) is 0.0438. The number of hydrogen-bond acceptors (Lipinski definition) is 4. The van der Waals surface area contributed by atoms with Gasteiger partial charge in [-0.1, -0.05) is 30.8 Å². The average molecular weight is 312 g/mol. The van der Waals surface area contributed by atoms with Gasteiger partial charge in [0.05, 0.1) is 12.2 Å². The maximum atomic E-state index is 11.5. The first kappa shape index (κ1) is 16.7. The van der Waals surface area contributed by atoms with Gasteiger partial charge in [-0.05, 0) is 49.2 Å². The molecule has 0 spiro atoms. The SMILES string of the molecule is C=C(C)C(=O)Oc1ccc(-c2ccc(N[NH+]([O-])CC)cc2)cc1. The second kappa shape index (κ2) is 7.58. The predicted molar refractivity (Wildman–Crippen MR) is 90.8 cm³/mol. The molecule has 2 aromatic rings. The molecule has 0 fully saturated rings. The molecule has 1 unspecified atom stereocenters. The van der Waals surface area contributed by atoms with E-state index in [1.165, 1.54) is 0 Å². The molecule has 5 nitrogen and oxygen atoms in total. The zero-order valence-corrected chi connectivity index (χ0v) is 13.3. The van der Waals surface area contributed by atoms with Crippen LogP contribution in [0.15, 0.2) is 60.7 Å². The first-order valence-electron chi connectivity index (χ1n) is 7.37. The molecule has 0 bridgehead atoms. The minimum atomic E-state index is -0.436. The summed E-state index contributed by atoms with van der Waals surface area (Å²) in [5, 5.41) is 11.3. The van der Waals surface area contributed by atoms with Gasteiger partial charge in [-0.2, -0.15) is 0 Å². The van der Waals surface area contributed by atoms with Gasteiger partial charge < -0.3 is 9.94 Å². The molecular weight excluding hydrogens is 292 g/mol. The monoisotopic (exact) mass is 312 g/mol. The molecule has 0 aliphatic rings. The quantitative estimate of drug-likeness (QED) is 0.372. The van der Waals surface area contributed by atoms with Gasteiger partial charge in [-0.25, -0.2) is 10.2 Å². The van der Waals surface area contributed by atoms with Gasteiger partial charge in [0.25, 0.3) is 0 Å². The van der Waals surface area contributed by atoms with E-state index in [2.05, 4.69) is 12.0 Å². The van der Waals surface area contributed by atoms with E-state index < -0.39 is 5.97 Å². The summed E-state index contributed by atoms with van der Waals surface area (Å²) in [4.78, 5) is 11.5. The van der Waals surface area contributed by atoms with Crippen molar-refractivity contribution in [2.24, 2.45) is 0 Å². The number of carbonyl (C=O) groups is 1. The third kappa shape index (κ3) is 4.67. The van der Waals surface area contributed by atoms with Crippen LogP contribution in [-0.4, -0.2) is 12.5 Å². The van der Waals surface area contributed by atoms with E-state index in [0.717, 1.165) is 16.8 Å². The first-order chi connectivity index (χ1) is 11.0. The van der Waals surface area contributed by atoms with Gasteiger partial charge >= 0.3 is 5.97 Å². The lowest BCUT2D eigenvalue weighted by atomic mass is 10.1. The third-order valence-electron chi connectivity index (χ3n) is 3.24. The molecule has 23 heavy (non-hydrogen) atoms. The molecule has 0 saturated carbocycles. The lowest BCUT2D eigenvalue weighted by Crippen LogP contribution is -3.10. The number of ether oxygens (including phenoxy) is 1. The van der Waals surface area contributed by atoms with Crippen molar-refractivity contribution in [3.05, 3.63) is 65.9 Å². The Morgan fingerprint density at radius 1 is 1.13 bits per heavy atom. The second-order valence-electron chi connectivity index (χ2n) is 5.17. The van der Waals surface area contributed by atoms with Crippen molar-refractivity contribution >= 4 is 11.7 Å². The van der Waals surface area contributed by atoms with Crippen molar-refractivity contribution < 1.29 is 14.7 Å². The van der Waals surface area contributed by atoms with E-state index in [4.69, 9.17) is 4.74 Å². The van der Waals surface area contributed by atoms with Gasteiger partial charge in [0.2, 0.25) is 0 Å². The molecule has 2 N–H and O–H groups in total. The van der Waals surface area contributed by atoms with Crippen molar-refractivity contribution in [2.45, 2.75) is 13.8 Å². The molecule has 0 aliphatic heterocycles. The fourth-order valence-corrected chi connectivity index (χ4v) is 1.90. The molecule has 2 rings (SSSR count). The highest BCUT2D eigenvalue weighted by atomic mass is 16.5. The average Bonchev–Trinajstić information content (AvgIpc) is 2.56. The Bertz CT molecular complexity index is 678. The van der Waals surface area contributed by atoms with Crippen LogP contribution < -0.4 is 15.3 Å². The molecule has 0 saturated heterocycles. The summed E-state index contributed by atoms with van der Waals surface area (Å²) < 4.78 is 5.16. The number of carbonyl (C=O) groups excluding carboxylic acids is 1. The number of anilines is 1. The van der Waals surface area contributed by atoms with Crippen LogP contribution in [0.2, 0.25) is 0 Å². The number of benzene rings is 2. The van der Waals surface area contributed by atoms with Crippen molar-refractivity contribution in [1.82, 2.24) is 0 Å². The fourth-order valence-electron chi connectivity index (χ4n) is 1.90. The molecule has 0 heterocycles. The van der Waals surface area contributed by atoms with Gasteiger partial charge in [0.15, 0.2) is 0 Å². The first-order valence-corrected chi connectivity index (χ1v) is 7.37. The Hall–Kier alpha value is -2.63. The fraction of sp³-hybridized carbons (Fsp3) is 0.167. The molecule has 0 radical (unpaired) electrons. The third-order valence-corrected chi connectivity index (χ3v) is 3.24. The second-order valence-corrected chi connectivity index (χ2v) is 5.17. The topological polar surface area (TPSA) is 65.8 Å². The number of hydrogen-bond donors (Lipinski definition) is 2. The van der Waals surface area contributed by atoms with E-state index in [1.54, 1.807) is 19.1 Å². The van der Waals surface area contributed by atoms with Crippen molar-refractivity contribution in [3.8, 4) is 16.9 Å². The summed E-state index contributed by atoms with van der Waals surface area (Å²) in [6.07, 6.45) is 0. The van der Waals surface area contributed by atoms with Crippen molar-refractivity contribution in [2.75, 3.05) is 12.0 Å². The number of hydroxylamine groups is 1. The van der Waals surface area contributed by atoms with E-state index in [-0.39, 0.29) is 5.17 Å². The summed E-state index contributed by atoms with van der Waals surface area (Å²) in [7, 11) is 0. The molecule has 1 atom stereocenters. The molecule has 120 valence electrons. The molecular formula is C18H20N2O3. The van der Waals surface area contributed by atoms with E-state index >= 15 is 0 Å². The molecule has 0 aliphatic carbocycles. The Morgan fingerprint density at radius 2 is 1.65 bits per heavy atom. The largest absolute Gasteiger partial charge is 0.608 e. The van der Waals surface area contributed by atoms with Crippen LogP contribution in [-0.2, 0) is 4.79 Å². The van der Waals surface area contributed by atoms with Crippen LogP contribution in [0.5, 0.6) is 5.75 Å². The summed E-state index contributed by atoms with van der Waals surface area (Å²) >= 11 is 0. The van der Waals surface area contributed by atoms with Gasteiger partial charge in [-0.3, -0.25) is 5.17 Å².